The lowest BCUT2D eigenvalue weighted by Crippen LogP contribution is -2.70. The molecule has 4 N–H and O–H groups in total. The fourth-order valence-corrected chi connectivity index (χ4v) is 3.98. The van der Waals surface area contributed by atoms with Gasteiger partial charge in [-0.15, -0.1) is 11.8 Å². The molecule has 1 aromatic rings. The van der Waals surface area contributed by atoms with Crippen LogP contribution < -0.4 is 11.1 Å². The minimum Gasteiger partial charge on any atom is -0.477 e. The minimum absolute atomic E-state index is 0.0608. The summed E-state index contributed by atoms with van der Waals surface area (Å²) in [5.41, 5.74) is 4.88. The van der Waals surface area contributed by atoms with Gasteiger partial charge in [-0.1, -0.05) is 5.16 Å². The highest BCUT2D eigenvalue weighted by atomic mass is 32.2. The molecule has 0 unspecified atom stereocenters. The first kappa shape index (κ1) is 18.1. The van der Waals surface area contributed by atoms with Crippen LogP contribution >= 0.6 is 23.3 Å². The minimum atomic E-state index is -1.28. The van der Waals surface area contributed by atoms with Gasteiger partial charge in [0.1, 0.15) is 17.1 Å². The SMILES string of the molecule is Nc1nc(/C(=N/OCF)C(=O)N[C@@H]2C(=O)N3C(C(=O)O)=CCS[C@H]23)ns1. The molecule has 1 fully saturated rings. The van der Waals surface area contributed by atoms with Gasteiger partial charge in [0.25, 0.3) is 18.7 Å². The molecule has 0 saturated carbocycles. The third kappa shape index (κ3) is 3.20. The lowest BCUT2D eigenvalue weighted by Gasteiger charge is -2.48. The number of alkyl halides is 1. The Labute approximate surface area is 153 Å². The van der Waals surface area contributed by atoms with E-state index in [0.29, 0.717) is 5.75 Å². The highest BCUT2D eigenvalue weighted by Crippen LogP contribution is 2.37. The molecule has 3 rings (SSSR count). The zero-order valence-corrected chi connectivity index (χ0v) is 14.4. The number of oxime groups is 1. The number of carboxylic acid groups (broad SMARTS) is 1. The molecule has 1 aromatic heterocycles. The second kappa shape index (κ2) is 7.25. The molecule has 0 aliphatic carbocycles. The van der Waals surface area contributed by atoms with E-state index < -0.39 is 41.8 Å². The lowest BCUT2D eigenvalue weighted by molar-refractivity contribution is -0.150. The van der Waals surface area contributed by atoms with E-state index in [1.807, 2.05) is 0 Å². The normalized spacial score (nSPS) is 22.2. The van der Waals surface area contributed by atoms with Gasteiger partial charge in [-0.3, -0.25) is 14.5 Å². The molecular formula is C12H11FN6O5S2. The molecule has 0 aromatic carbocycles. The van der Waals surface area contributed by atoms with Crippen molar-refractivity contribution in [1.29, 1.82) is 0 Å². The van der Waals surface area contributed by atoms with Crippen LogP contribution in [-0.2, 0) is 19.2 Å². The Balaban J connectivity index is 1.76. The highest BCUT2D eigenvalue weighted by Gasteiger charge is 2.53. The number of anilines is 1. The van der Waals surface area contributed by atoms with Gasteiger partial charge in [-0.2, -0.15) is 9.36 Å². The number of rotatable bonds is 6. The van der Waals surface area contributed by atoms with Crippen molar-refractivity contribution in [3.63, 3.8) is 0 Å². The van der Waals surface area contributed by atoms with E-state index in [1.54, 1.807) is 0 Å². The number of halogens is 1. The quantitative estimate of drug-likeness (QED) is 0.312. The van der Waals surface area contributed by atoms with Gasteiger partial charge in [-0.05, 0) is 6.08 Å². The average molecular weight is 402 g/mol. The Morgan fingerprint density at radius 2 is 2.35 bits per heavy atom. The molecule has 2 amide bonds. The Bertz CT molecular complexity index is 827. The molecule has 2 aliphatic rings. The summed E-state index contributed by atoms with van der Waals surface area (Å²) in [4.78, 5) is 45.0. The number of fused-ring (bicyclic) bond motifs is 1. The number of nitrogen functional groups attached to an aromatic ring is 1. The van der Waals surface area contributed by atoms with Crippen LogP contribution in [0.1, 0.15) is 5.82 Å². The van der Waals surface area contributed by atoms with Crippen LogP contribution in [0.15, 0.2) is 16.9 Å². The molecule has 0 spiro atoms. The number of carboxylic acids is 1. The largest absolute Gasteiger partial charge is 0.477 e. The maximum atomic E-state index is 12.4. The van der Waals surface area contributed by atoms with Crippen molar-refractivity contribution in [1.82, 2.24) is 19.6 Å². The number of nitrogens with two attached hydrogens (primary N) is 1. The van der Waals surface area contributed by atoms with Gasteiger partial charge in [0.05, 0.1) is 0 Å². The van der Waals surface area contributed by atoms with Crippen molar-refractivity contribution >= 4 is 51.9 Å². The predicted octanol–water partition coefficient (Wildman–Crippen LogP) is -0.864. The maximum absolute atomic E-state index is 12.4. The number of nitrogens with zero attached hydrogens (tertiary/aromatic N) is 4. The number of aromatic nitrogens is 2. The fraction of sp³-hybridized carbons (Fsp3) is 0.333. The van der Waals surface area contributed by atoms with Crippen LogP contribution in [0.3, 0.4) is 0 Å². The van der Waals surface area contributed by atoms with E-state index in [0.717, 1.165) is 16.4 Å². The number of hydrogen-bond acceptors (Lipinski definition) is 10. The second-order valence-corrected chi connectivity index (χ2v) is 6.85. The van der Waals surface area contributed by atoms with Crippen LogP contribution in [0.5, 0.6) is 0 Å². The summed E-state index contributed by atoms with van der Waals surface area (Å²) >= 11 is 2.09. The average Bonchev–Trinajstić information content (AvgIpc) is 3.05. The molecule has 138 valence electrons. The zero-order valence-electron chi connectivity index (χ0n) is 12.8. The first-order valence-electron chi connectivity index (χ1n) is 6.98. The first-order valence-corrected chi connectivity index (χ1v) is 8.80. The second-order valence-electron chi connectivity index (χ2n) is 4.91. The predicted molar refractivity (Wildman–Crippen MR) is 88.7 cm³/mol. The molecule has 2 atom stereocenters. The van der Waals surface area contributed by atoms with E-state index >= 15 is 0 Å². The number of β-lactam (4-membered cyclic amide) rings is 1. The molecule has 14 heteroatoms. The smallest absolute Gasteiger partial charge is 0.352 e. The van der Waals surface area contributed by atoms with Gasteiger partial charge in [0, 0.05) is 17.3 Å². The Hall–Kier alpha value is -2.74. The summed E-state index contributed by atoms with van der Waals surface area (Å²) in [6, 6.07) is -0.970. The Morgan fingerprint density at radius 1 is 1.58 bits per heavy atom. The van der Waals surface area contributed by atoms with Crippen molar-refractivity contribution < 1.29 is 28.7 Å². The van der Waals surface area contributed by atoms with Crippen molar-refractivity contribution in [2.75, 3.05) is 18.3 Å². The fourth-order valence-electron chi connectivity index (χ4n) is 2.35. The Morgan fingerprint density at radius 3 is 2.96 bits per heavy atom. The summed E-state index contributed by atoms with van der Waals surface area (Å²) in [6.07, 6.45) is 1.42. The zero-order chi connectivity index (χ0) is 18.8. The van der Waals surface area contributed by atoms with Gasteiger partial charge in [0.15, 0.2) is 5.13 Å². The molecule has 1 saturated heterocycles. The third-order valence-electron chi connectivity index (χ3n) is 3.43. The van der Waals surface area contributed by atoms with Crippen LogP contribution in [0, 0.1) is 0 Å². The highest BCUT2D eigenvalue weighted by molar-refractivity contribution is 8.00. The molecular weight excluding hydrogens is 391 g/mol. The van der Waals surface area contributed by atoms with Gasteiger partial charge in [0.2, 0.25) is 11.5 Å². The van der Waals surface area contributed by atoms with E-state index in [4.69, 9.17) is 10.8 Å². The number of carbonyl (C=O) groups excluding carboxylic acids is 2. The molecule has 2 aliphatic heterocycles. The topological polar surface area (TPSA) is 160 Å². The van der Waals surface area contributed by atoms with Gasteiger partial charge >= 0.3 is 5.97 Å². The van der Waals surface area contributed by atoms with E-state index in [-0.39, 0.29) is 16.7 Å². The van der Waals surface area contributed by atoms with Crippen molar-refractivity contribution in [2.24, 2.45) is 5.16 Å². The molecule has 3 heterocycles. The van der Waals surface area contributed by atoms with Crippen LogP contribution in [0.2, 0.25) is 0 Å². The first-order chi connectivity index (χ1) is 12.4. The van der Waals surface area contributed by atoms with E-state index in [9.17, 15) is 18.8 Å². The lowest BCUT2D eigenvalue weighted by atomic mass is 10.0. The monoisotopic (exact) mass is 402 g/mol. The number of thioether (sulfide) groups is 1. The molecule has 11 nitrogen and oxygen atoms in total. The van der Waals surface area contributed by atoms with Crippen LogP contribution in [-0.4, -0.2) is 66.9 Å². The summed E-state index contributed by atoms with van der Waals surface area (Å²) in [5, 5.41) is 14.4. The van der Waals surface area contributed by atoms with E-state index in [2.05, 4.69) is 24.7 Å². The summed E-state index contributed by atoms with van der Waals surface area (Å²) in [5.74, 6) is -2.49. The Kier molecular flexibility index (Phi) is 5.03. The van der Waals surface area contributed by atoms with Crippen LogP contribution in [0.4, 0.5) is 9.52 Å². The molecule has 0 bridgehead atoms. The summed E-state index contributed by atoms with van der Waals surface area (Å²) < 4.78 is 16.0. The van der Waals surface area contributed by atoms with Crippen molar-refractivity contribution in [3.05, 3.63) is 17.6 Å². The molecule has 0 radical (unpaired) electrons. The summed E-state index contributed by atoms with van der Waals surface area (Å²) in [6.45, 7) is -1.28. The third-order valence-corrected chi connectivity index (χ3v) is 5.15. The molecule has 26 heavy (non-hydrogen) atoms. The maximum Gasteiger partial charge on any atom is 0.352 e. The van der Waals surface area contributed by atoms with Gasteiger partial charge < -0.3 is 21.0 Å². The standard InChI is InChI=1S/C12H11FN6O5S2/c13-3-24-17-5(7-16-12(14)26-18-7)8(20)15-6-9(21)19-4(11(22)23)1-2-25-10(6)19/h1,6,10H,2-3H2,(H,15,20)(H,22,23)(H2,14,16,18)/b17-5-/t6-,10-/m1/s1. The summed E-state index contributed by atoms with van der Waals surface area (Å²) in [7, 11) is 0. The number of hydrogen-bond donors (Lipinski definition) is 3. The number of carbonyl (C=O) groups is 3. The van der Waals surface area contributed by atoms with Crippen LogP contribution in [0.25, 0.3) is 0 Å². The van der Waals surface area contributed by atoms with Gasteiger partial charge in [-0.25, -0.2) is 9.18 Å². The number of nitrogens with one attached hydrogen (secondary N) is 1. The van der Waals surface area contributed by atoms with Crippen molar-refractivity contribution in [3.8, 4) is 0 Å². The number of aliphatic carboxylic acids is 1. The number of amides is 2. The van der Waals surface area contributed by atoms with E-state index in [1.165, 1.54) is 17.8 Å². The van der Waals surface area contributed by atoms with Crippen molar-refractivity contribution in [2.45, 2.75) is 11.4 Å².